The van der Waals surface area contributed by atoms with Crippen LogP contribution in [-0.4, -0.2) is 6.54 Å². The minimum Gasteiger partial charge on any atom is -0.461 e. The number of aryl methyl sites for hydroxylation is 1. The predicted octanol–water partition coefficient (Wildman–Crippen LogP) is 4.12. The van der Waals surface area contributed by atoms with Crippen LogP contribution in [0.5, 0.6) is 0 Å². The second kappa shape index (κ2) is 5.57. The van der Waals surface area contributed by atoms with Gasteiger partial charge in [-0.15, -0.1) is 0 Å². The summed E-state index contributed by atoms with van der Waals surface area (Å²) in [5.41, 5.74) is 2.28. The highest BCUT2D eigenvalue weighted by Crippen LogP contribution is 2.25. The number of para-hydroxylation sites is 1. The van der Waals surface area contributed by atoms with Gasteiger partial charge in [-0.2, -0.15) is 0 Å². The first-order valence-electron chi connectivity index (χ1n) is 6.77. The molecule has 0 saturated carbocycles. The van der Waals surface area contributed by atoms with E-state index in [0.717, 1.165) is 30.4 Å². The Balaban J connectivity index is 2.05. The summed E-state index contributed by atoms with van der Waals surface area (Å²) in [5.74, 6) is 2.45. The lowest BCUT2D eigenvalue weighted by atomic mass is 9.98. The van der Waals surface area contributed by atoms with E-state index in [1.165, 1.54) is 10.9 Å². The van der Waals surface area contributed by atoms with Gasteiger partial charge in [0.05, 0.1) is 0 Å². The smallest absolute Gasteiger partial charge is 0.134 e. The van der Waals surface area contributed by atoms with Crippen molar-refractivity contribution in [2.75, 3.05) is 6.54 Å². The molecule has 1 unspecified atom stereocenters. The Labute approximate surface area is 109 Å². The zero-order chi connectivity index (χ0) is 13.1. The topological polar surface area (TPSA) is 25.2 Å². The van der Waals surface area contributed by atoms with Crippen LogP contribution in [0.1, 0.15) is 32.1 Å². The van der Waals surface area contributed by atoms with Gasteiger partial charge in [-0.05, 0) is 31.4 Å². The zero-order valence-electron chi connectivity index (χ0n) is 11.8. The number of furan rings is 1. The van der Waals surface area contributed by atoms with Crippen LogP contribution in [0, 0.1) is 18.8 Å². The SMILES string of the molecule is Cc1oc2ccccc2c1CNCC(C)C(C)C. The van der Waals surface area contributed by atoms with Crippen molar-refractivity contribution in [1.29, 1.82) is 0 Å². The molecule has 1 aromatic heterocycles. The number of rotatable bonds is 5. The molecule has 2 rings (SSSR count). The number of fused-ring (bicyclic) bond motifs is 1. The van der Waals surface area contributed by atoms with Crippen molar-refractivity contribution in [2.24, 2.45) is 11.8 Å². The van der Waals surface area contributed by atoms with E-state index in [2.05, 4.69) is 38.2 Å². The highest BCUT2D eigenvalue weighted by molar-refractivity contribution is 5.82. The molecule has 2 aromatic rings. The first-order valence-corrected chi connectivity index (χ1v) is 6.77. The fourth-order valence-electron chi connectivity index (χ4n) is 2.10. The van der Waals surface area contributed by atoms with Crippen molar-refractivity contribution in [1.82, 2.24) is 5.32 Å². The Kier molecular flexibility index (Phi) is 4.07. The quantitative estimate of drug-likeness (QED) is 0.857. The molecule has 0 spiro atoms. The lowest BCUT2D eigenvalue weighted by molar-refractivity contribution is 0.392. The van der Waals surface area contributed by atoms with Gasteiger partial charge in [0.15, 0.2) is 0 Å². The summed E-state index contributed by atoms with van der Waals surface area (Å²) in [6.07, 6.45) is 0. The summed E-state index contributed by atoms with van der Waals surface area (Å²) in [7, 11) is 0. The van der Waals surface area contributed by atoms with Crippen molar-refractivity contribution in [3.8, 4) is 0 Å². The zero-order valence-corrected chi connectivity index (χ0v) is 11.8. The summed E-state index contributed by atoms with van der Waals surface area (Å²) in [6.45, 7) is 10.8. The molecule has 0 fully saturated rings. The molecular weight excluding hydrogens is 222 g/mol. The van der Waals surface area contributed by atoms with E-state index >= 15 is 0 Å². The summed E-state index contributed by atoms with van der Waals surface area (Å²) in [4.78, 5) is 0. The first kappa shape index (κ1) is 13.2. The fraction of sp³-hybridized carbons (Fsp3) is 0.500. The van der Waals surface area contributed by atoms with Crippen molar-refractivity contribution in [3.63, 3.8) is 0 Å². The van der Waals surface area contributed by atoms with E-state index in [-0.39, 0.29) is 0 Å². The molecule has 2 heteroatoms. The van der Waals surface area contributed by atoms with E-state index in [4.69, 9.17) is 4.42 Å². The van der Waals surface area contributed by atoms with Gasteiger partial charge in [0.25, 0.3) is 0 Å². The molecule has 1 atom stereocenters. The number of hydrogen-bond donors (Lipinski definition) is 1. The van der Waals surface area contributed by atoms with Crippen LogP contribution in [0.25, 0.3) is 11.0 Å². The van der Waals surface area contributed by atoms with Crippen LogP contribution < -0.4 is 5.32 Å². The largest absolute Gasteiger partial charge is 0.461 e. The standard InChI is InChI=1S/C16H23NO/c1-11(2)12(3)9-17-10-15-13(4)18-16-8-6-5-7-14(15)16/h5-8,11-12,17H,9-10H2,1-4H3. The van der Waals surface area contributed by atoms with E-state index in [9.17, 15) is 0 Å². The van der Waals surface area contributed by atoms with Gasteiger partial charge in [-0.1, -0.05) is 39.0 Å². The van der Waals surface area contributed by atoms with Gasteiger partial charge < -0.3 is 9.73 Å². The van der Waals surface area contributed by atoms with Gasteiger partial charge in [0.1, 0.15) is 11.3 Å². The highest BCUT2D eigenvalue weighted by Gasteiger charge is 2.11. The normalized spacial score (nSPS) is 13.4. The maximum atomic E-state index is 5.76. The third-order valence-electron chi connectivity index (χ3n) is 3.81. The van der Waals surface area contributed by atoms with E-state index < -0.39 is 0 Å². The van der Waals surface area contributed by atoms with Gasteiger partial charge >= 0.3 is 0 Å². The van der Waals surface area contributed by atoms with E-state index in [1.54, 1.807) is 0 Å². The maximum Gasteiger partial charge on any atom is 0.134 e. The number of benzene rings is 1. The van der Waals surface area contributed by atoms with Crippen LogP contribution in [0.15, 0.2) is 28.7 Å². The minimum atomic E-state index is 0.698. The van der Waals surface area contributed by atoms with Crippen molar-refractivity contribution < 1.29 is 4.42 Å². The van der Waals surface area contributed by atoms with E-state index in [0.29, 0.717) is 5.92 Å². The fourth-order valence-corrected chi connectivity index (χ4v) is 2.10. The second-order valence-corrected chi connectivity index (χ2v) is 5.49. The van der Waals surface area contributed by atoms with Crippen LogP contribution in [0.3, 0.4) is 0 Å². The number of nitrogens with one attached hydrogen (secondary N) is 1. The van der Waals surface area contributed by atoms with Crippen molar-refractivity contribution in [2.45, 2.75) is 34.2 Å². The van der Waals surface area contributed by atoms with Crippen LogP contribution in [-0.2, 0) is 6.54 Å². The monoisotopic (exact) mass is 245 g/mol. The summed E-state index contributed by atoms with van der Waals surface area (Å²) < 4.78 is 5.76. The highest BCUT2D eigenvalue weighted by atomic mass is 16.3. The molecule has 98 valence electrons. The average molecular weight is 245 g/mol. The Morgan fingerprint density at radius 3 is 2.61 bits per heavy atom. The Hall–Kier alpha value is -1.28. The molecule has 0 bridgehead atoms. The van der Waals surface area contributed by atoms with Crippen LogP contribution >= 0.6 is 0 Å². The van der Waals surface area contributed by atoms with Crippen LogP contribution in [0.2, 0.25) is 0 Å². The Bertz CT molecular complexity index is 513. The molecule has 1 aromatic carbocycles. The molecule has 18 heavy (non-hydrogen) atoms. The van der Waals surface area contributed by atoms with Crippen molar-refractivity contribution in [3.05, 3.63) is 35.6 Å². The maximum absolute atomic E-state index is 5.76. The third kappa shape index (κ3) is 2.75. The molecule has 0 saturated heterocycles. The molecule has 2 nitrogen and oxygen atoms in total. The third-order valence-corrected chi connectivity index (χ3v) is 3.81. The van der Waals surface area contributed by atoms with Gasteiger partial charge in [0.2, 0.25) is 0 Å². The lowest BCUT2D eigenvalue weighted by Gasteiger charge is -2.15. The van der Waals surface area contributed by atoms with Gasteiger partial charge in [0, 0.05) is 17.5 Å². The molecule has 0 aliphatic rings. The Morgan fingerprint density at radius 2 is 1.89 bits per heavy atom. The molecule has 1 N–H and O–H groups in total. The summed E-state index contributed by atoms with van der Waals surface area (Å²) in [5, 5.41) is 4.78. The first-order chi connectivity index (χ1) is 8.59. The van der Waals surface area contributed by atoms with Crippen LogP contribution in [0.4, 0.5) is 0 Å². The minimum absolute atomic E-state index is 0.698. The molecule has 1 heterocycles. The number of hydrogen-bond acceptors (Lipinski definition) is 2. The average Bonchev–Trinajstić information content (AvgIpc) is 2.65. The summed E-state index contributed by atoms with van der Waals surface area (Å²) in [6, 6.07) is 8.25. The molecule has 0 aliphatic heterocycles. The van der Waals surface area contributed by atoms with Gasteiger partial charge in [-0.3, -0.25) is 0 Å². The van der Waals surface area contributed by atoms with Gasteiger partial charge in [-0.25, -0.2) is 0 Å². The second-order valence-electron chi connectivity index (χ2n) is 5.49. The molecule has 0 aliphatic carbocycles. The Morgan fingerprint density at radius 1 is 1.17 bits per heavy atom. The lowest BCUT2D eigenvalue weighted by Crippen LogP contribution is -2.23. The summed E-state index contributed by atoms with van der Waals surface area (Å²) >= 11 is 0. The molecule has 0 radical (unpaired) electrons. The molecule has 0 amide bonds. The predicted molar refractivity (Wildman–Crippen MR) is 76.7 cm³/mol. The molecular formula is C16H23NO. The van der Waals surface area contributed by atoms with E-state index in [1.807, 2.05) is 19.1 Å². The van der Waals surface area contributed by atoms with Crippen molar-refractivity contribution >= 4 is 11.0 Å².